The van der Waals surface area contributed by atoms with Crippen LogP contribution in [0.3, 0.4) is 0 Å². The fourth-order valence-electron chi connectivity index (χ4n) is 3.07. The van der Waals surface area contributed by atoms with Crippen molar-refractivity contribution in [3.05, 3.63) is 35.4 Å². The van der Waals surface area contributed by atoms with Crippen LogP contribution in [0.15, 0.2) is 24.3 Å². The highest BCUT2D eigenvalue weighted by Gasteiger charge is 2.43. The summed E-state index contributed by atoms with van der Waals surface area (Å²) in [6, 6.07) is 9.61. The van der Waals surface area contributed by atoms with Crippen molar-refractivity contribution in [3.63, 3.8) is 0 Å². The Morgan fingerprint density at radius 3 is 2.50 bits per heavy atom. The first-order chi connectivity index (χ1) is 8.82. The number of benzene rings is 1. The first-order valence-electron chi connectivity index (χ1n) is 7.26. The molecule has 2 heteroatoms. The standard InChI is InChI=1S/C16H23NO/c18-12-16(8-9-16)14-6-4-13(5-7-14)11-15-3-1-2-10-17-15/h4-7,15,17-18H,1-3,8-12H2. The van der Waals surface area contributed by atoms with Crippen LogP contribution in [0.2, 0.25) is 0 Å². The first-order valence-corrected chi connectivity index (χ1v) is 7.26. The monoisotopic (exact) mass is 245 g/mol. The Balaban J connectivity index is 1.64. The summed E-state index contributed by atoms with van der Waals surface area (Å²) in [7, 11) is 0. The largest absolute Gasteiger partial charge is 0.395 e. The van der Waals surface area contributed by atoms with Crippen molar-refractivity contribution in [2.24, 2.45) is 0 Å². The van der Waals surface area contributed by atoms with E-state index >= 15 is 0 Å². The Morgan fingerprint density at radius 1 is 1.17 bits per heavy atom. The molecule has 0 radical (unpaired) electrons. The molecule has 1 atom stereocenters. The highest BCUT2D eigenvalue weighted by Crippen LogP contribution is 2.47. The van der Waals surface area contributed by atoms with Gasteiger partial charge in [0.1, 0.15) is 0 Å². The molecule has 0 amide bonds. The second kappa shape index (κ2) is 5.02. The van der Waals surface area contributed by atoms with Gasteiger partial charge in [-0.15, -0.1) is 0 Å². The second-order valence-corrected chi connectivity index (χ2v) is 5.99. The van der Waals surface area contributed by atoms with E-state index in [1.165, 1.54) is 36.9 Å². The van der Waals surface area contributed by atoms with E-state index < -0.39 is 0 Å². The summed E-state index contributed by atoms with van der Waals surface area (Å²) in [5.74, 6) is 0. The normalized spacial score (nSPS) is 25.9. The van der Waals surface area contributed by atoms with Crippen molar-refractivity contribution in [2.75, 3.05) is 13.2 Å². The van der Waals surface area contributed by atoms with Gasteiger partial charge in [0.25, 0.3) is 0 Å². The molecule has 2 N–H and O–H groups in total. The summed E-state index contributed by atoms with van der Waals surface area (Å²) >= 11 is 0. The van der Waals surface area contributed by atoms with Gasteiger partial charge >= 0.3 is 0 Å². The molecule has 0 spiro atoms. The summed E-state index contributed by atoms with van der Waals surface area (Å²) in [5.41, 5.74) is 2.86. The lowest BCUT2D eigenvalue weighted by atomic mass is 9.93. The minimum atomic E-state index is 0.113. The fraction of sp³-hybridized carbons (Fsp3) is 0.625. The number of hydrogen-bond acceptors (Lipinski definition) is 2. The second-order valence-electron chi connectivity index (χ2n) is 5.99. The molecule has 2 fully saturated rings. The van der Waals surface area contributed by atoms with Crippen LogP contribution in [-0.4, -0.2) is 24.3 Å². The Hall–Kier alpha value is -0.860. The Bertz CT molecular complexity index is 388. The number of nitrogens with one attached hydrogen (secondary N) is 1. The minimum absolute atomic E-state index is 0.113. The zero-order valence-corrected chi connectivity index (χ0v) is 11.0. The van der Waals surface area contributed by atoms with Gasteiger partial charge in [-0.25, -0.2) is 0 Å². The maximum absolute atomic E-state index is 9.43. The Morgan fingerprint density at radius 2 is 1.94 bits per heavy atom. The molecule has 2 aliphatic rings. The van der Waals surface area contributed by atoms with E-state index in [0.717, 1.165) is 19.3 Å². The van der Waals surface area contributed by atoms with Gasteiger partial charge in [0, 0.05) is 11.5 Å². The average Bonchev–Trinajstić information content (AvgIpc) is 3.22. The molecular formula is C16H23NO. The van der Waals surface area contributed by atoms with E-state index in [1.807, 2.05) is 0 Å². The fourth-order valence-corrected chi connectivity index (χ4v) is 3.07. The van der Waals surface area contributed by atoms with Gasteiger partial charge in [0.2, 0.25) is 0 Å². The molecule has 1 aliphatic carbocycles. The third kappa shape index (κ3) is 2.45. The van der Waals surface area contributed by atoms with Crippen molar-refractivity contribution < 1.29 is 5.11 Å². The molecule has 1 unspecified atom stereocenters. The van der Waals surface area contributed by atoms with Gasteiger partial charge in [0.15, 0.2) is 0 Å². The van der Waals surface area contributed by atoms with Crippen LogP contribution in [-0.2, 0) is 11.8 Å². The van der Waals surface area contributed by atoms with E-state index in [-0.39, 0.29) is 5.41 Å². The smallest absolute Gasteiger partial charge is 0.0527 e. The molecule has 1 heterocycles. The number of aliphatic hydroxyl groups excluding tert-OH is 1. The Labute approximate surface area is 109 Å². The minimum Gasteiger partial charge on any atom is -0.395 e. The Kier molecular flexibility index (Phi) is 3.40. The van der Waals surface area contributed by atoms with Gasteiger partial charge < -0.3 is 10.4 Å². The molecule has 0 aromatic heterocycles. The third-order valence-electron chi connectivity index (χ3n) is 4.62. The van der Waals surface area contributed by atoms with Crippen molar-refractivity contribution in [1.29, 1.82) is 0 Å². The summed E-state index contributed by atoms with van der Waals surface area (Å²) < 4.78 is 0. The highest BCUT2D eigenvalue weighted by atomic mass is 16.3. The molecule has 1 aliphatic heterocycles. The van der Waals surface area contributed by atoms with Crippen LogP contribution in [0.5, 0.6) is 0 Å². The molecule has 1 saturated heterocycles. The van der Waals surface area contributed by atoms with Crippen LogP contribution in [0.4, 0.5) is 0 Å². The number of rotatable bonds is 4. The molecule has 2 nitrogen and oxygen atoms in total. The summed E-state index contributed by atoms with van der Waals surface area (Å²) in [6.07, 6.45) is 7.44. The lowest BCUT2D eigenvalue weighted by Gasteiger charge is -2.23. The number of piperidine rings is 1. The van der Waals surface area contributed by atoms with Gasteiger partial charge in [-0.05, 0) is 49.8 Å². The molecule has 1 aromatic carbocycles. The molecular weight excluding hydrogens is 222 g/mol. The molecule has 18 heavy (non-hydrogen) atoms. The van der Waals surface area contributed by atoms with Gasteiger partial charge in [-0.3, -0.25) is 0 Å². The van der Waals surface area contributed by atoms with Gasteiger partial charge in [0.05, 0.1) is 6.61 Å². The molecule has 1 saturated carbocycles. The zero-order chi connectivity index (χ0) is 12.4. The SMILES string of the molecule is OCC1(c2ccc(CC3CCCCN3)cc2)CC1. The quantitative estimate of drug-likeness (QED) is 0.853. The molecule has 1 aromatic rings. The first kappa shape index (κ1) is 12.2. The predicted molar refractivity (Wildman–Crippen MR) is 73.8 cm³/mol. The highest BCUT2D eigenvalue weighted by molar-refractivity contribution is 5.34. The topological polar surface area (TPSA) is 32.3 Å². The van der Waals surface area contributed by atoms with E-state index in [0.29, 0.717) is 12.6 Å². The number of hydrogen-bond donors (Lipinski definition) is 2. The van der Waals surface area contributed by atoms with Crippen LogP contribution < -0.4 is 5.32 Å². The van der Waals surface area contributed by atoms with E-state index in [2.05, 4.69) is 29.6 Å². The lowest BCUT2D eigenvalue weighted by Crippen LogP contribution is -2.35. The third-order valence-corrected chi connectivity index (χ3v) is 4.62. The van der Waals surface area contributed by atoms with Crippen LogP contribution in [0.1, 0.15) is 43.2 Å². The maximum atomic E-state index is 9.43. The van der Waals surface area contributed by atoms with Crippen LogP contribution in [0, 0.1) is 0 Å². The lowest BCUT2D eigenvalue weighted by molar-refractivity contribution is 0.255. The van der Waals surface area contributed by atoms with Crippen LogP contribution in [0.25, 0.3) is 0 Å². The average molecular weight is 245 g/mol. The van der Waals surface area contributed by atoms with Gasteiger partial charge in [-0.2, -0.15) is 0 Å². The maximum Gasteiger partial charge on any atom is 0.0527 e. The van der Waals surface area contributed by atoms with Crippen molar-refractivity contribution in [1.82, 2.24) is 5.32 Å². The summed E-state index contributed by atoms with van der Waals surface area (Å²) in [5, 5.41) is 13.0. The molecule has 98 valence electrons. The van der Waals surface area contributed by atoms with Crippen molar-refractivity contribution in [3.8, 4) is 0 Å². The summed E-state index contributed by atoms with van der Waals surface area (Å²) in [6.45, 7) is 1.48. The van der Waals surface area contributed by atoms with Gasteiger partial charge in [-0.1, -0.05) is 30.7 Å². The molecule has 3 rings (SSSR count). The van der Waals surface area contributed by atoms with E-state index in [1.54, 1.807) is 0 Å². The zero-order valence-electron chi connectivity index (χ0n) is 11.0. The predicted octanol–water partition coefficient (Wildman–Crippen LogP) is 2.40. The van der Waals surface area contributed by atoms with E-state index in [4.69, 9.17) is 0 Å². The summed E-state index contributed by atoms with van der Waals surface area (Å²) in [4.78, 5) is 0. The van der Waals surface area contributed by atoms with Crippen molar-refractivity contribution in [2.45, 2.75) is 50.0 Å². The van der Waals surface area contributed by atoms with Crippen LogP contribution >= 0.6 is 0 Å². The van der Waals surface area contributed by atoms with E-state index in [9.17, 15) is 5.11 Å². The van der Waals surface area contributed by atoms with Crippen molar-refractivity contribution >= 4 is 0 Å². The number of aliphatic hydroxyl groups is 1. The molecule has 0 bridgehead atoms.